The SMILES string of the molecule is CCCCC1(CC)CC(c2ccccc2)c2cc(SC)c(O/C=C/C(=O)O)cc2S(O)(O)C1C. The number of benzene rings is 2. The Morgan fingerprint density at radius 1 is 1.24 bits per heavy atom. The Kier molecular flexibility index (Phi) is 8.79. The van der Waals surface area contributed by atoms with E-state index in [1.165, 1.54) is 11.8 Å². The Balaban J connectivity index is 2.26. The minimum absolute atomic E-state index is 0.0126. The number of aliphatic carboxylic acids is 1. The van der Waals surface area contributed by atoms with E-state index < -0.39 is 16.6 Å². The molecule has 34 heavy (non-hydrogen) atoms. The summed E-state index contributed by atoms with van der Waals surface area (Å²) in [4.78, 5) is 12.3. The fourth-order valence-corrected chi connectivity index (χ4v) is 7.99. The van der Waals surface area contributed by atoms with Gasteiger partial charge in [0.25, 0.3) is 0 Å². The molecule has 3 N–H and O–H groups in total. The van der Waals surface area contributed by atoms with Crippen LogP contribution in [-0.2, 0) is 4.79 Å². The van der Waals surface area contributed by atoms with Gasteiger partial charge in [-0.3, -0.25) is 9.11 Å². The summed E-state index contributed by atoms with van der Waals surface area (Å²) in [6.07, 6.45) is 8.72. The highest BCUT2D eigenvalue weighted by Gasteiger charge is 2.48. The molecule has 3 atom stereocenters. The maximum absolute atomic E-state index is 11.8. The molecular weight excluding hydrogens is 468 g/mol. The van der Waals surface area contributed by atoms with Gasteiger partial charge in [0.2, 0.25) is 0 Å². The summed E-state index contributed by atoms with van der Waals surface area (Å²) < 4.78 is 29.2. The van der Waals surface area contributed by atoms with Gasteiger partial charge in [-0.05, 0) is 55.1 Å². The smallest absolute Gasteiger partial charge is 0.331 e. The summed E-state index contributed by atoms with van der Waals surface area (Å²) in [6, 6.07) is 14.0. The van der Waals surface area contributed by atoms with Crippen LogP contribution in [0.15, 0.2) is 64.6 Å². The van der Waals surface area contributed by atoms with Crippen LogP contribution >= 0.6 is 22.4 Å². The highest BCUT2D eigenvalue weighted by atomic mass is 32.3. The summed E-state index contributed by atoms with van der Waals surface area (Å²) in [5.74, 6) is -0.662. The molecule has 0 amide bonds. The summed E-state index contributed by atoms with van der Waals surface area (Å²) >= 11 is 1.49. The van der Waals surface area contributed by atoms with Crippen molar-refractivity contribution in [3.05, 3.63) is 65.9 Å². The van der Waals surface area contributed by atoms with Gasteiger partial charge in [0, 0.05) is 12.0 Å². The van der Waals surface area contributed by atoms with Crippen molar-refractivity contribution in [3.8, 4) is 5.75 Å². The molecule has 7 heteroatoms. The second kappa shape index (κ2) is 11.2. The lowest BCUT2D eigenvalue weighted by Gasteiger charge is -2.48. The fraction of sp³-hybridized carbons (Fsp3) is 0.444. The first-order chi connectivity index (χ1) is 16.2. The molecule has 0 radical (unpaired) electrons. The van der Waals surface area contributed by atoms with E-state index in [0.29, 0.717) is 10.6 Å². The maximum Gasteiger partial charge on any atom is 0.331 e. The molecule has 2 aromatic carbocycles. The van der Waals surface area contributed by atoms with E-state index in [4.69, 9.17) is 9.84 Å². The molecule has 5 nitrogen and oxygen atoms in total. The zero-order valence-corrected chi connectivity index (χ0v) is 22.0. The number of unbranched alkanes of at least 4 members (excludes halogenated alkanes) is 1. The Morgan fingerprint density at radius 3 is 2.53 bits per heavy atom. The average Bonchev–Trinajstić information content (AvgIpc) is 2.90. The highest BCUT2D eigenvalue weighted by molar-refractivity contribution is 8.25. The lowest BCUT2D eigenvalue weighted by molar-refractivity contribution is -0.131. The number of carboxylic acids is 1. The van der Waals surface area contributed by atoms with Crippen molar-refractivity contribution in [2.75, 3.05) is 6.26 Å². The Hall–Kier alpha value is -1.93. The van der Waals surface area contributed by atoms with Crippen molar-refractivity contribution in [2.45, 2.75) is 73.8 Å². The van der Waals surface area contributed by atoms with E-state index in [2.05, 4.69) is 26.0 Å². The van der Waals surface area contributed by atoms with Crippen LogP contribution in [0.2, 0.25) is 0 Å². The lowest BCUT2D eigenvalue weighted by Crippen LogP contribution is -2.36. The Labute approximate surface area is 209 Å². The highest BCUT2D eigenvalue weighted by Crippen LogP contribution is 2.67. The minimum atomic E-state index is -3.17. The molecule has 2 aromatic rings. The van der Waals surface area contributed by atoms with Gasteiger partial charge in [0.1, 0.15) is 5.75 Å². The Morgan fingerprint density at radius 2 is 1.94 bits per heavy atom. The number of rotatable bonds is 9. The predicted octanol–water partition coefficient (Wildman–Crippen LogP) is 8.01. The van der Waals surface area contributed by atoms with Crippen LogP contribution in [-0.4, -0.2) is 31.7 Å². The van der Waals surface area contributed by atoms with E-state index in [-0.39, 0.29) is 16.6 Å². The number of fused-ring (bicyclic) bond motifs is 1. The minimum Gasteiger partial charge on any atom is -0.478 e. The first-order valence-electron chi connectivity index (χ1n) is 11.8. The van der Waals surface area contributed by atoms with Crippen LogP contribution in [0.5, 0.6) is 5.75 Å². The van der Waals surface area contributed by atoms with Crippen LogP contribution in [0.4, 0.5) is 0 Å². The first kappa shape index (κ1) is 26.7. The molecule has 1 heterocycles. The molecule has 0 bridgehead atoms. The number of hydrogen-bond donors (Lipinski definition) is 3. The number of carbonyl (C=O) groups is 1. The van der Waals surface area contributed by atoms with Gasteiger partial charge in [-0.15, -0.1) is 11.8 Å². The second-order valence-electron chi connectivity index (χ2n) is 9.02. The molecule has 0 saturated carbocycles. The summed E-state index contributed by atoms with van der Waals surface area (Å²) in [6.45, 7) is 6.32. The van der Waals surface area contributed by atoms with E-state index >= 15 is 0 Å². The summed E-state index contributed by atoms with van der Waals surface area (Å²) in [5, 5.41) is 8.61. The summed E-state index contributed by atoms with van der Waals surface area (Å²) in [5.41, 5.74) is 1.86. The van der Waals surface area contributed by atoms with Crippen LogP contribution in [0.1, 0.15) is 69.9 Å². The van der Waals surface area contributed by atoms with Crippen molar-refractivity contribution in [2.24, 2.45) is 5.41 Å². The van der Waals surface area contributed by atoms with Gasteiger partial charge in [-0.25, -0.2) is 4.79 Å². The molecule has 1 aliphatic heterocycles. The molecule has 0 saturated heterocycles. The standard InChI is InChI=1S/C27H36O5S2/c1-5-7-14-27(6-2)18-22(20-11-9-8-10-12-20)21-16-24(33-4)23(32-15-13-26(28)29)17-25(21)34(30,31)19(27)3/h8-13,15-17,19,22,30-31H,5-7,14,18H2,1-4H3,(H,28,29)/b15-13+. The third-order valence-corrected chi connectivity index (χ3v) is 10.5. The van der Waals surface area contributed by atoms with Crippen LogP contribution in [0.25, 0.3) is 0 Å². The quantitative estimate of drug-likeness (QED) is 0.182. The number of carboxylic acid groups (broad SMARTS) is 1. The summed E-state index contributed by atoms with van der Waals surface area (Å²) in [7, 11) is -3.17. The normalized spacial score (nSPS) is 24.9. The van der Waals surface area contributed by atoms with Crippen LogP contribution in [0, 0.1) is 5.41 Å². The largest absolute Gasteiger partial charge is 0.478 e. The first-order valence-corrected chi connectivity index (χ1v) is 14.6. The number of thioether (sulfide) groups is 1. The predicted molar refractivity (Wildman–Crippen MR) is 141 cm³/mol. The zero-order chi connectivity index (χ0) is 24.9. The van der Waals surface area contributed by atoms with Crippen molar-refractivity contribution in [3.63, 3.8) is 0 Å². The van der Waals surface area contributed by atoms with E-state index in [0.717, 1.165) is 60.5 Å². The van der Waals surface area contributed by atoms with Gasteiger partial charge in [0.05, 0.1) is 27.4 Å². The molecule has 0 spiro atoms. The lowest BCUT2D eigenvalue weighted by atomic mass is 9.69. The molecule has 0 aliphatic carbocycles. The average molecular weight is 505 g/mol. The maximum atomic E-state index is 11.8. The molecule has 3 rings (SSSR count). The number of hydrogen-bond acceptors (Lipinski definition) is 5. The van der Waals surface area contributed by atoms with Crippen molar-refractivity contribution >= 4 is 28.3 Å². The topological polar surface area (TPSA) is 87.0 Å². The zero-order valence-electron chi connectivity index (χ0n) is 20.4. The van der Waals surface area contributed by atoms with Crippen LogP contribution < -0.4 is 4.74 Å². The Bertz CT molecular complexity index is 1020. The molecule has 3 unspecified atom stereocenters. The molecular formula is C27H36O5S2. The third kappa shape index (κ3) is 5.33. The molecule has 0 fully saturated rings. The van der Waals surface area contributed by atoms with Gasteiger partial charge in [0.15, 0.2) is 0 Å². The van der Waals surface area contributed by atoms with E-state index in [1.807, 2.05) is 37.4 Å². The van der Waals surface area contributed by atoms with Crippen LogP contribution in [0.3, 0.4) is 0 Å². The molecule has 186 valence electrons. The van der Waals surface area contributed by atoms with Crippen molar-refractivity contribution in [1.82, 2.24) is 0 Å². The van der Waals surface area contributed by atoms with E-state index in [9.17, 15) is 13.9 Å². The van der Waals surface area contributed by atoms with Gasteiger partial charge >= 0.3 is 5.97 Å². The second-order valence-corrected chi connectivity index (χ2v) is 12.2. The monoisotopic (exact) mass is 504 g/mol. The van der Waals surface area contributed by atoms with Gasteiger partial charge in [-0.2, -0.15) is 10.6 Å². The van der Waals surface area contributed by atoms with E-state index in [1.54, 1.807) is 6.07 Å². The fourth-order valence-electron chi connectivity index (χ4n) is 5.15. The van der Waals surface area contributed by atoms with Crippen molar-refractivity contribution in [1.29, 1.82) is 0 Å². The number of ether oxygens (including phenoxy) is 1. The van der Waals surface area contributed by atoms with Crippen molar-refractivity contribution < 1.29 is 23.7 Å². The van der Waals surface area contributed by atoms with Gasteiger partial charge < -0.3 is 9.84 Å². The molecule has 1 aliphatic rings. The van der Waals surface area contributed by atoms with Gasteiger partial charge in [-0.1, -0.05) is 57.0 Å². The molecule has 0 aromatic heterocycles. The third-order valence-electron chi connectivity index (χ3n) is 7.30.